The van der Waals surface area contributed by atoms with Gasteiger partial charge in [0, 0.05) is 42.1 Å². The predicted molar refractivity (Wildman–Crippen MR) is 103 cm³/mol. The number of rotatable bonds is 3. The highest BCUT2D eigenvalue weighted by molar-refractivity contribution is 5.98. The number of pyridine rings is 1. The third-order valence-corrected chi connectivity index (χ3v) is 6.10. The maximum Gasteiger partial charge on any atom is 0.170 e. The van der Waals surface area contributed by atoms with E-state index in [0.29, 0.717) is 23.8 Å². The molecule has 1 atom stereocenters. The van der Waals surface area contributed by atoms with E-state index >= 15 is 0 Å². The molecule has 1 aliphatic carbocycles. The molecule has 28 heavy (non-hydrogen) atoms. The smallest absolute Gasteiger partial charge is 0.170 e. The molecule has 0 bridgehead atoms. The Morgan fingerprint density at radius 3 is 2.89 bits per heavy atom. The zero-order chi connectivity index (χ0) is 19.1. The summed E-state index contributed by atoms with van der Waals surface area (Å²) in [5.74, 6) is 0.583. The fourth-order valence-corrected chi connectivity index (χ4v) is 4.68. The maximum absolute atomic E-state index is 13.4. The molecule has 144 valence electrons. The van der Waals surface area contributed by atoms with E-state index in [2.05, 4.69) is 15.0 Å². The first-order chi connectivity index (χ1) is 13.7. The first-order valence-electron chi connectivity index (χ1n) is 9.91. The molecule has 1 fully saturated rings. The van der Waals surface area contributed by atoms with Crippen molar-refractivity contribution in [3.05, 3.63) is 59.3 Å². The van der Waals surface area contributed by atoms with Crippen LogP contribution >= 0.6 is 0 Å². The van der Waals surface area contributed by atoms with Crippen LogP contribution in [0.2, 0.25) is 0 Å². The number of benzene rings is 1. The van der Waals surface area contributed by atoms with Crippen LogP contribution in [0, 0.1) is 11.7 Å². The van der Waals surface area contributed by atoms with Crippen LogP contribution in [0.1, 0.15) is 46.9 Å². The second-order valence-electron chi connectivity index (χ2n) is 7.98. The summed E-state index contributed by atoms with van der Waals surface area (Å²) in [4.78, 5) is 19.2. The van der Waals surface area contributed by atoms with Gasteiger partial charge in [-0.05, 0) is 62.5 Å². The molecule has 1 aromatic carbocycles. The molecule has 1 saturated heterocycles. The Bertz CT molecular complexity index is 1020. The first kappa shape index (κ1) is 17.5. The molecule has 0 N–H and O–H groups in total. The summed E-state index contributed by atoms with van der Waals surface area (Å²) in [6.07, 6.45) is 5.25. The molecular formula is C22H22FN3O2. The minimum Gasteiger partial charge on any atom is -0.356 e. The summed E-state index contributed by atoms with van der Waals surface area (Å²) >= 11 is 0. The number of hydrogen-bond acceptors (Lipinski definition) is 5. The first-order valence-corrected chi connectivity index (χ1v) is 9.91. The lowest BCUT2D eigenvalue weighted by Crippen LogP contribution is -2.39. The molecule has 3 heterocycles. The largest absolute Gasteiger partial charge is 0.356 e. The van der Waals surface area contributed by atoms with Gasteiger partial charge in [0.2, 0.25) is 0 Å². The number of aromatic nitrogens is 2. The summed E-state index contributed by atoms with van der Waals surface area (Å²) in [5, 5.41) is 5.14. The molecule has 2 aliphatic rings. The van der Waals surface area contributed by atoms with Crippen molar-refractivity contribution in [1.82, 2.24) is 15.0 Å². The van der Waals surface area contributed by atoms with Crippen LogP contribution in [-0.4, -0.2) is 40.5 Å². The van der Waals surface area contributed by atoms with Crippen LogP contribution in [0.3, 0.4) is 0 Å². The van der Waals surface area contributed by atoms with Gasteiger partial charge in [-0.15, -0.1) is 0 Å². The molecular weight excluding hydrogens is 357 g/mol. The van der Waals surface area contributed by atoms with Crippen molar-refractivity contribution >= 4 is 16.8 Å². The third kappa shape index (κ3) is 3.22. The van der Waals surface area contributed by atoms with Crippen LogP contribution in [0.4, 0.5) is 4.39 Å². The SMILES string of the molecule is O=C1CC(CN2CCC(c3noc4cc(F)ccc34)CC2)Cc2ncccc21. The van der Waals surface area contributed by atoms with E-state index in [-0.39, 0.29) is 11.6 Å². The molecule has 0 saturated carbocycles. The number of carbonyl (C=O) groups is 1. The molecule has 5 nitrogen and oxygen atoms in total. The Labute approximate surface area is 162 Å². The van der Waals surface area contributed by atoms with E-state index in [0.717, 1.165) is 61.2 Å². The number of likely N-dealkylation sites (tertiary alicyclic amines) is 1. The minimum absolute atomic E-state index is 0.218. The van der Waals surface area contributed by atoms with E-state index in [1.807, 2.05) is 12.1 Å². The summed E-state index contributed by atoms with van der Waals surface area (Å²) in [6.45, 7) is 2.87. The predicted octanol–water partition coefficient (Wildman–Crippen LogP) is 3.99. The molecule has 1 unspecified atom stereocenters. The average molecular weight is 379 g/mol. The zero-order valence-corrected chi connectivity index (χ0v) is 15.6. The summed E-state index contributed by atoms with van der Waals surface area (Å²) in [5.41, 5.74) is 3.21. The van der Waals surface area contributed by atoms with Gasteiger partial charge in [-0.1, -0.05) is 5.16 Å². The summed E-state index contributed by atoms with van der Waals surface area (Å²) in [6, 6.07) is 8.35. The lowest BCUT2D eigenvalue weighted by Gasteiger charge is -2.34. The molecule has 3 aromatic rings. The normalized spacial score (nSPS) is 21.2. The number of Topliss-reactive ketones (excluding diaryl/α,β-unsaturated/α-hetero) is 1. The van der Waals surface area contributed by atoms with E-state index < -0.39 is 0 Å². The quantitative estimate of drug-likeness (QED) is 0.689. The van der Waals surface area contributed by atoms with Crippen molar-refractivity contribution in [2.75, 3.05) is 19.6 Å². The van der Waals surface area contributed by atoms with Crippen LogP contribution in [-0.2, 0) is 6.42 Å². The highest BCUT2D eigenvalue weighted by Crippen LogP contribution is 2.33. The van der Waals surface area contributed by atoms with E-state index in [4.69, 9.17) is 4.52 Å². The molecule has 0 spiro atoms. The second-order valence-corrected chi connectivity index (χ2v) is 7.98. The van der Waals surface area contributed by atoms with Gasteiger partial charge in [-0.2, -0.15) is 0 Å². The Morgan fingerprint density at radius 1 is 1.18 bits per heavy atom. The highest BCUT2D eigenvalue weighted by atomic mass is 19.1. The second kappa shape index (κ2) is 7.09. The molecule has 0 radical (unpaired) electrons. The van der Waals surface area contributed by atoms with E-state index in [1.54, 1.807) is 12.3 Å². The Morgan fingerprint density at radius 2 is 2.04 bits per heavy atom. The van der Waals surface area contributed by atoms with Gasteiger partial charge in [-0.25, -0.2) is 4.39 Å². The lowest BCUT2D eigenvalue weighted by molar-refractivity contribution is 0.0919. The zero-order valence-electron chi connectivity index (χ0n) is 15.6. The minimum atomic E-state index is -0.303. The van der Waals surface area contributed by atoms with Crippen molar-refractivity contribution < 1.29 is 13.7 Å². The number of piperidine rings is 1. The van der Waals surface area contributed by atoms with Gasteiger partial charge in [0.1, 0.15) is 5.82 Å². The topological polar surface area (TPSA) is 59.2 Å². The number of halogens is 1. The van der Waals surface area contributed by atoms with E-state index in [1.165, 1.54) is 12.1 Å². The summed E-state index contributed by atoms with van der Waals surface area (Å²) < 4.78 is 18.7. The molecule has 2 aromatic heterocycles. The Hall–Kier alpha value is -2.60. The van der Waals surface area contributed by atoms with Gasteiger partial charge < -0.3 is 9.42 Å². The standard InChI is InChI=1S/C22H22FN3O2/c23-16-3-4-18-21(12-16)28-25-22(18)15-5-8-26(9-6-15)13-14-10-19-17(20(27)11-14)2-1-7-24-19/h1-4,7,12,14-15H,5-6,8-11,13H2. The average Bonchev–Trinajstić information content (AvgIpc) is 3.11. The fraction of sp³-hybridized carbons (Fsp3) is 0.409. The van der Waals surface area contributed by atoms with Crippen LogP contribution in [0.5, 0.6) is 0 Å². The molecule has 1 aliphatic heterocycles. The molecule has 5 rings (SSSR count). The number of ketones is 1. The molecule has 0 amide bonds. The van der Waals surface area contributed by atoms with Crippen molar-refractivity contribution in [1.29, 1.82) is 0 Å². The van der Waals surface area contributed by atoms with Crippen molar-refractivity contribution in [3.63, 3.8) is 0 Å². The summed E-state index contributed by atoms with van der Waals surface area (Å²) in [7, 11) is 0. The van der Waals surface area contributed by atoms with Gasteiger partial charge >= 0.3 is 0 Å². The number of fused-ring (bicyclic) bond motifs is 2. The van der Waals surface area contributed by atoms with E-state index in [9.17, 15) is 9.18 Å². The monoisotopic (exact) mass is 379 g/mol. The number of nitrogens with zero attached hydrogens (tertiary/aromatic N) is 3. The van der Waals surface area contributed by atoms with Crippen molar-refractivity contribution in [3.8, 4) is 0 Å². The van der Waals surface area contributed by atoms with Gasteiger partial charge in [-0.3, -0.25) is 9.78 Å². The number of hydrogen-bond donors (Lipinski definition) is 0. The van der Waals surface area contributed by atoms with Gasteiger partial charge in [0.05, 0.1) is 11.4 Å². The van der Waals surface area contributed by atoms with Crippen molar-refractivity contribution in [2.45, 2.75) is 31.6 Å². The fourth-order valence-electron chi connectivity index (χ4n) is 4.68. The lowest BCUT2D eigenvalue weighted by atomic mass is 9.84. The highest BCUT2D eigenvalue weighted by Gasteiger charge is 2.30. The van der Waals surface area contributed by atoms with Crippen molar-refractivity contribution in [2.24, 2.45) is 5.92 Å². The van der Waals surface area contributed by atoms with Crippen LogP contribution in [0.15, 0.2) is 41.1 Å². The Balaban J connectivity index is 1.22. The number of carbonyl (C=O) groups excluding carboxylic acids is 1. The maximum atomic E-state index is 13.4. The Kier molecular flexibility index (Phi) is 4.43. The molecule has 6 heteroatoms. The van der Waals surface area contributed by atoms with Gasteiger partial charge in [0.15, 0.2) is 11.4 Å². The van der Waals surface area contributed by atoms with Gasteiger partial charge in [0.25, 0.3) is 0 Å². The third-order valence-electron chi connectivity index (χ3n) is 6.10. The van der Waals surface area contributed by atoms with Crippen LogP contribution < -0.4 is 0 Å². The van der Waals surface area contributed by atoms with Crippen LogP contribution in [0.25, 0.3) is 11.0 Å².